The molecule has 2 aliphatic rings. The van der Waals surface area contributed by atoms with E-state index in [-0.39, 0.29) is 5.41 Å². The highest BCUT2D eigenvalue weighted by atomic mass is 15.1. The zero-order valence-corrected chi connectivity index (χ0v) is 25.0. The van der Waals surface area contributed by atoms with Gasteiger partial charge in [-0.25, -0.2) is 0 Å². The molecule has 2 aliphatic carbocycles. The molecule has 1 heteroatoms. The van der Waals surface area contributed by atoms with Gasteiger partial charge in [0.2, 0.25) is 0 Å². The predicted octanol–water partition coefficient (Wildman–Crippen LogP) is 11.9. The summed E-state index contributed by atoms with van der Waals surface area (Å²) in [4.78, 5) is 2.37. The molecular formula is C45H27N. The summed E-state index contributed by atoms with van der Waals surface area (Å²) in [6, 6.07) is 61.0. The number of rotatable bonds is 3. The third-order valence-electron chi connectivity index (χ3n) is 10.8. The molecular weight excluding hydrogens is 555 g/mol. The fraction of sp³-hybridized carbons (Fsp3) is 0.0222. The van der Waals surface area contributed by atoms with Crippen LogP contribution in [0.15, 0.2) is 164 Å². The van der Waals surface area contributed by atoms with Crippen molar-refractivity contribution in [3.8, 4) is 11.1 Å². The Labute approximate surface area is 266 Å². The third kappa shape index (κ3) is 2.83. The lowest BCUT2D eigenvalue weighted by Crippen LogP contribution is -2.26. The molecule has 9 aromatic rings. The van der Waals surface area contributed by atoms with E-state index in [1.807, 2.05) is 0 Å². The summed E-state index contributed by atoms with van der Waals surface area (Å²) in [5.74, 6) is 0. The first-order chi connectivity index (χ1) is 22.8. The van der Waals surface area contributed by atoms with Crippen molar-refractivity contribution in [2.24, 2.45) is 0 Å². The second-order valence-corrected chi connectivity index (χ2v) is 12.8. The van der Waals surface area contributed by atoms with Gasteiger partial charge in [0, 0.05) is 17.1 Å². The van der Waals surface area contributed by atoms with Crippen LogP contribution < -0.4 is 4.90 Å². The first-order valence-corrected chi connectivity index (χ1v) is 16.1. The van der Waals surface area contributed by atoms with E-state index in [9.17, 15) is 0 Å². The van der Waals surface area contributed by atoms with Crippen molar-refractivity contribution >= 4 is 60.2 Å². The summed E-state index contributed by atoms with van der Waals surface area (Å²) >= 11 is 0. The summed E-state index contributed by atoms with van der Waals surface area (Å²) in [5, 5.41) is 11.0. The molecule has 0 saturated carbocycles. The van der Waals surface area contributed by atoms with Gasteiger partial charge in [0.1, 0.15) is 0 Å². The standard InChI is InChI=1S/C45H27N/c1-3-12-30(13-4-1)46(31-14-5-2-6-15-31)32-24-26-38-36(27-32)33-16-7-8-19-37(33)45(38)39-20-10-18-35-34-17-9-11-28-21-22-29-23-25-40(45)44(43(35)39)42(29)41(28)34/h1-27H. The summed E-state index contributed by atoms with van der Waals surface area (Å²) in [7, 11) is 0. The first kappa shape index (κ1) is 24.4. The highest BCUT2D eigenvalue weighted by molar-refractivity contribution is 6.36. The van der Waals surface area contributed by atoms with Crippen LogP contribution in [0.3, 0.4) is 0 Å². The molecule has 0 saturated heterocycles. The number of anilines is 3. The molecule has 0 amide bonds. The number of hydrogen-bond donors (Lipinski definition) is 0. The smallest absolute Gasteiger partial charge is 0.0726 e. The SMILES string of the molecule is c1ccc(N(c2ccccc2)c2ccc3c(c2)-c2ccccc2C32c3cccc4c5cccc6ccc7ccc2c(c34)c7c65)cc1. The van der Waals surface area contributed by atoms with Gasteiger partial charge in [0.15, 0.2) is 0 Å². The van der Waals surface area contributed by atoms with Crippen molar-refractivity contribution in [3.63, 3.8) is 0 Å². The van der Waals surface area contributed by atoms with E-state index in [0.29, 0.717) is 0 Å². The third-order valence-corrected chi connectivity index (χ3v) is 10.8. The molecule has 1 nitrogen and oxygen atoms in total. The van der Waals surface area contributed by atoms with Crippen LogP contribution in [0.25, 0.3) is 54.2 Å². The van der Waals surface area contributed by atoms with Gasteiger partial charge in [-0.2, -0.15) is 0 Å². The Kier molecular flexibility index (Phi) is 4.57. The zero-order chi connectivity index (χ0) is 30.0. The van der Waals surface area contributed by atoms with Gasteiger partial charge in [0.25, 0.3) is 0 Å². The second-order valence-electron chi connectivity index (χ2n) is 12.8. The molecule has 11 rings (SSSR count). The zero-order valence-electron chi connectivity index (χ0n) is 25.0. The lowest BCUT2D eigenvalue weighted by molar-refractivity contribution is 0.797. The number of para-hydroxylation sites is 2. The van der Waals surface area contributed by atoms with E-state index in [1.165, 1.54) is 76.5 Å². The molecule has 0 heterocycles. The van der Waals surface area contributed by atoms with Crippen molar-refractivity contribution in [2.45, 2.75) is 5.41 Å². The summed E-state index contributed by atoms with van der Waals surface area (Å²) in [6.45, 7) is 0. The van der Waals surface area contributed by atoms with E-state index < -0.39 is 0 Å². The Bertz CT molecular complexity index is 2650. The molecule has 46 heavy (non-hydrogen) atoms. The molecule has 0 radical (unpaired) electrons. The molecule has 0 aliphatic heterocycles. The first-order valence-electron chi connectivity index (χ1n) is 16.1. The van der Waals surface area contributed by atoms with Gasteiger partial charge in [-0.3, -0.25) is 0 Å². The van der Waals surface area contributed by atoms with Crippen molar-refractivity contribution in [3.05, 3.63) is 186 Å². The molecule has 1 atom stereocenters. The molecule has 0 fully saturated rings. The molecule has 0 bridgehead atoms. The Morgan fingerprint density at radius 2 is 0.891 bits per heavy atom. The fourth-order valence-electron chi connectivity index (χ4n) is 9.09. The second kappa shape index (κ2) is 8.62. The normalized spacial score (nSPS) is 15.9. The van der Waals surface area contributed by atoms with Crippen molar-refractivity contribution in [1.82, 2.24) is 0 Å². The minimum atomic E-state index is -0.381. The molecule has 9 aromatic carbocycles. The average Bonchev–Trinajstić information content (AvgIpc) is 3.59. The molecule has 212 valence electrons. The molecule has 1 unspecified atom stereocenters. The van der Waals surface area contributed by atoms with Crippen molar-refractivity contribution in [1.29, 1.82) is 0 Å². The van der Waals surface area contributed by atoms with Gasteiger partial charge in [-0.05, 0) is 113 Å². The maximum Gasteiger partial charge on any atom is 0.0726 e. The largest absolute Gasteiger partial charge is 0.310 e. The topological polar surface area (TPSA) is 3.24 Å². The van der Waals surface area contributed by atoms with E-state index in [0.717, 1.165) is 17.1 Å². The van der Waals surface area contributed by atoms with Crippen LogP contribution in [0.5, 0.6) is 0 Å². The van der Waals surface area contributed by atoms with Crippen LogP contribution >= 0.6 is 0 Å². The minimum Gasteiger partial charge on any atom is -0.310 e. The van der Waals surface area contributed by atoms with E-state index in [2.05, 4.69) is 169 Å². The van der Waals surface area contributed by atoms with Crippen LogP contribution in [-0.4, -0.2) is 0 Å². The Morgan fingerprint density at radius 1 is 0.326 bits per heavy atom. The van der Waals surface area contributed by atoms with Crippen molar-refractivity contribution < 1.29 is 0 Å². The quantitative estimate of drug-likeness (QED) is 0.148. The molecule has 0 aromatic heterocycles. The summed E-state index contributed by atoms with van der Waals surface area (Å²) < 4.78 is 0. The highest BCUT2D eigenvalue weighted by Gasteiger charge is 2.51. The molecule has 1 spiro atoms. The van der Waals surface area contributed by atoms with Gasteiger partial charge >= 0.3 is 0 Å². The minimum absolute atomic E-state index is 0.381. The van der Waals surface area contributed by atoms with Crippen LogP contribution in [0.2, 0.25) is 0 Å². The van der Waals surface area contributed by atoms with Gasteiger partial charge < -0.3 is 4.90 Å². The number of benzene rings is 9. The van der Waals surface area contributed by atoms with Crippen LogP contribution in [0.1, 0.15) is 22.3 Å². The van der Waals surface area contributed by atoms with Gasteiger partial charge in [0.05, 0.1) is 5.41 Å². The number of hydrogen-bond acceptors (Lipinski definition) is 1. The van der Waals surface area contributed by atoms with Crippen LogP contribution in [0.4, 0.5) is 17.1 Å². The van der Waals surface area contributed by atoms with E-state index in [4.69, 9.17) is 0 Å². The summed E-state index contributed by atoms with van der Waals surface area (Å²) in [6.07, 6.45) is 0. The Morgan fingerprint density at radius 3 is 1.67 bits per heavy atom. The maximum absolute atomic E-state index is 2.43. The van der Waals surface area contributed by atoms with Crippen LogP contribution in [-0.2, 0) is 5.41 Å². The molecule has 0 N–H and O–H groups in total. The lowest BCUT2D eigenvalue weighted by Gasteiger charge is -2.31. The van der Waals surface area contributed by atoms with Gasteiger partial charge in [-0.1, -0.05) is 127 Å². The van der Waals surface area contributed by atoms with E-state index >= 15 is 0 Å². The Hall–Kier alpha value is -5.92. The fourth-order valence-corrected chi connectivity index (χ4v) is 9.09. The number of fused-ring (bicyclic) bond motifs is 8. The predicted molar refractivity (Wildman–Crippen MR) is 193 cm³/mol. The summed E-state index contributed by atoms with van der Waals surface area (Å²) in [5.41, 5.74) is 11.3. The lowest BCUT2D eigenvalue weighted by atomic mass is 9.70. The average molecular weight is 582 g/mol. The number of nitrogens with zero attached hydrogens (tertiary/aromatic N) is 1. The Balaban J connectivity index is 1.26. The maximum atomic E-state index is 2.43. The van der Waals surface area contributed by atoms with Gasteiger partial charge in [-0.15, -0.1) is 0 Å². The van der Waals surface area contributed by atoms with Crippen LogP contribution in [0, 0.1) is 0 Å². The highest BCUT2D eigenvalue weighted by Crippen LogP contribution is 2.64. The monoisotopic (exact) mass is 581 g/mol. The van der Waals surface area contributed by atoms with E-state index in [1.54, 1.807) is 0 Å². The van der Waals surface area contributed by atoms with Crippen molar-refractivity contribution in [2.75, 3.05) is 4.90 Å².